The van der Waals surface area contributed by atoms with Crippen LogP contribution < -0.4 is 29.6 Å². The fraction of sp³-hybridized carbons (Fsp3) is 0. The quantitative estimate of drug-likeness (QED) is 0.337. The van der Waals surface area contributed by atoms with Crippen LogP contribution in [0.2, 0.25) is 0 Å². The van der Waals surface area contributed by atoms with E-state index in [2.05, 4.69) is 7.85 Å². The Morgan fingerprint density at radius 2 is 1.67 bits per heavy atom. The summed E-state index contributed by atoms with van der Waals surface area (Å²) in [5.74, 6) is 1.25. The molecule has 0 fully saturated rings. The molecule has 0 unspecified atom stereocenters. The van der Waals surface area contributed by atoms with Crippen molar-refractivity contribution in [2.45, 2.75) is 0 Å². The molecule has 6 heavy (non-hydrogen) atoms. The molecule has 0 heterocycles. The predicted molar refractivity (Wildman–Crippen MR) is 19.7 cm³/mol. The first-order chi connectivity index (χ1) is 1.41. The summed E-state index contributed by atoms with van der Waals surface area (Å²) in [7, 11) is 4.15. The minimum Gasteiger partial charge on any atom is -1.00 e. The molecule has 1 nitrogen and oxygen atoms in total. The van der Waals surface area contributed by atoms with Crippen LogP contribution in [-0.4, -0.2) is 7.85 Å². The van der Waals surface area contributed by atoms with Crippen molar-refractivity contribution >= 4 is 20.3 Å². The van der Waals surface area contributed by atoms with E-state index in [4.69, 9.17) is 5.26 Å². The zero-order valence-corrected chi connectivity index (χ0v) is 7.81. The van der Waals surface area contributed by atoms with Crippen LogP contribution in [0.15, 0.2) is 0 Å². The van der Waals surface area contributed by atoms with E-state index in [1.54, 1.807) is 0 Å². The fourth-order valence-electron chi connectivity index (χ4n) is 0. The van der Waals surface area contributed by atoms with Gasteiger partial charge < -0.3 is 1.43 Å². The number of halogens is 1. The van der Waals surface area contributed by atoms with Gasteiger partial charge in [0.2, 0.25) is 7.85 Å². The first kappa shape index (κ1) is 25.7. The third-order valence-corrected chi connectivity index (χ3v) is 0. The van der Waals surface area contributed by atoms with E-state index in [-0.39, 0.29) is 65.1 Å². The molecule has 0 aromatic heterocycles. The molecule has 2 radical (unpaired) electrons. The van der Waals surface area contributed by atoms with Crippen molar-refractivity contribution in [3.8, 4) is 5.97 Å². The molecule has 0 bridgehead atoms. The summed E-state index contributed by atoms with van der Waals surface area (Å²) in [6.07, 6.45) is 0. The van der Waals surface area contributed by atoms with Gasteiger partial charge >= 0.3 is 29.6 Å². The first-order valence-corrected chi connectivity index (χ1v) is 0.512. The summed E-state index contributed by atoms with van der Waals surface area (Å²) < 4.78 is 0. The molecule has 0 aliphatic carbocycles. The minimum atomic E-state index is 0. The number of nitrogens with zero attached hydrogens (tertiary/aromatic N) is 1. The van der Waals surface area contributed by atoms with Crippen molar-refractivity contribution < 1.29 is 52.7 Å². The molecular weight excluding hydrogens is 143 g/mol. The standard InChI is InChI=1S/CBN.ClH.Na.Ti.H/c2-1-3;;;;/h;1H;;;/q;;+1;;-1. The summed E-state index contributed by atoms with van der Waals surface area (Å²) in [5.41, 5.74) is 0. The SMILES string of the molecule is Cl.[B]C#N.[H-].[Na+].[Ti]. The van der Waals surface area contributed by atoms with Gasteiger partial charge in [-0.25, -0.2) is 5.26 Å². The summed E-state index contributed by atoms with van der Waals surface area (Å²) >= 11 is 0. The Bertz CT molecular complexity index is 41.2. The van der Waals surface area contributed by atoms with Gasteiger partial charge in [-0.05, 0) is 5.97 Å². The third kappa shape index (κ3) is 47.5. The average Bonchev–Trinajstić information content (AvgIpc) is 0.918. The van der Waals surface area contributed by atoms with Crippen LogP contribution in [0.3, 0.4) is 0 Å². The molecule has 0 spiro atoms. The zero-order valence-electron chi connectivity index (χ0n) is 4.43. The van der Waals surface area contributed by atoms with E-state index in [0.29, 0.717) is 0 Å². The normalized spacial score (nSPS) is 1.17. The number of hydrogen-bond acceptors (Lipinski definition) is 1. The van der Waals surface area contributed by atoms with Crippen LogP contribution in [-0.2, 0) is 21.7 Å². The minimum absolute atomic E-state index is 0. The summed E-state index contributed by atoms with van der Waals surface area (Å²) in [5, 5.41) is 7.10. The Hall–Kier alpha value is 1.56. The topological polar surface area (TPSA) is 23.8 Å². The summed E-state index contributed by atoms with van der Waals surface area (Å²) in [6.45, 7) is 0. The smallest absolute Gasteiger partial charge is 1.00 e. The van der Waals surface area contributed by atoms with Gasteiger partial charge in [0.1, 0.15) is 0 Å². The third-order valence-electron chi connectivity index (χ3n) is 0. The van der Waals surface area contributed by atoms with Gasteiger partial charge in [-0.15, -0.1) is 12.4 Å². The van der Waals surface area contributed by atoms with Crippen LogP contribution >= 0.6 is 12.4 Å². The second kappa shape index (κ2) is 31.0. The Morgan fingerprint density at radius 1 is 1.67 bits per heavy atom. The maximum absolute atomic E-state index is 7.10. The van der Waals surface area contributed by atoms with Gasteiger partial charge in [0.25, 0.3) is 0 Å². The summed E-state index contributed by atoms with van der Waals surface area (Å²) in [4.78, 5) is 0. The maximum atomic E-state index is 7.10. The Labute approximate surface area is 83.3 Å². The predicted octanol–water partition coefficient (Wildman–Crippen LogP) is -2.83. The van der Waals surface area contributed by atoms with E-state index in [1.807, 2.05) is 0 Å². The van der Waals surface area contributed by atoms with Crippen molar-refractivity contribution in [1.82, 2.24) is 0 Å². The Balaban J connectivity index is -0.00000000333. The van der Waals surface area contributed by atoms with Crippen molar-refractivity contribution in [2.24, 2.45) is 0 Å². The van der Waals surface area contributed by atoms with E-state index < -0.39 is 0 Å². The van der Waals surface area contributed by atoms with Crippen molar-refractivity contribution in [3.05, 3.63) is 0 Å². The average molecular weight is 145 g/mol. The van der Waals surface area contributed by atoms with Gasteiger partial charge in [-0.2, -0.15) is 0 Å². The molecule has 0 N–H and O–H groups in total. The number of rotatable bonds is 0. The maximum Gasteiger partial charge on any atom is 1.00 e. The molecule has 0 aliphatic rings. The molecule has 0 aromatic rings. The number of nitriles is 1. The largest absolute Gasteiger partial charge is 1.00 e. The molecule has 0 aromatic carbocycles. The van der Waals surface area contributed by atoms with Crippen molar-refractivity contribution in [2.75, 3.05) is 0 Å². The van der Waals surface area contributed by atoms with Crippen LogP contribution in [0.5, 0.6) is 0 Å². The number of hydrogen-bond donors (Lipinski definition) is 0. The molecule has 0 saturated heterocycles. The molecule has 5 heteroatoms. The zero-order chi connectivity index (χ0) is 2.71. The second-order valence-electron chi connectivity index (χ2n) is 0.129. The van der Waals surface area contributed by atoms with Crippen LogP contribution in [0.1, 0.15) is 1.43 Å². The molecule has 0 amide bonds. The van der Waals surface area contributed by atoms with Crippen molar-refractivity contribution in [3.63, 3.8) is 0 Å². The van der Waals surface area contributed by atoms with Gasteiger partial charge in [0, 0.05) is 21.7 Å². The van der Waals surface area contributed by atoms with Gasteiger partial charge in [0.05, 0.1) is 0 Å². The molecule has 26 valence electrons. The van der Waals surface area contributed by atoms with Gasteiger partial charge in [0.15, 0.2) is 0 Å². The second-order valence-corrected chi connectivity index (χ2v) is 0.129. The molecule has 0 rings (SSSR count). The van der Waals surface area contributed by atoms with Crippen LogP contribution in [0, 0.1) is 11.2 Å². The molecule has 0 aliphatic heterocycles. The Morgan fingerprint density at radius 3 is 1.67 bits per heavy atom. The Kier molecular flexibility index (Phi) is 132. The fourth-order valence-corrected chi connectivity index (χ4v) is 0. The van der Waals surface area contributed by atoms with Gasteiger partial charge in [-0.1, -0.05) is 0 Å². The van der Waals surface area contributed by atoms with Crippen LogP contribution in [0.4, 0.5) is 0 Å². The van der Waals surface area contributed by atoms with Crippen molar-refractivity contribution in [1.29, 1.82) is 5.26 Å². The summed E-state index contributed by atoms with van der Waals surface area (Å²) in [6, 6.07) is 0. The van der Waals surface area contributed by atoms with Crippen LogP contribution in [0.25, 0.3) is 0 Å². The molecular formula is CH2BClNNaTi. The molecule has 0 saturated carbocycles. The molecule has 0 atom stereocenters. The monoisotopic (exact) mass is 145 g/mol. The van der Waals surface area contributed by atoms with E-state index in [9.17, 15) is 0 Å². The van der Waals surface area contributed by atoms with Gasteiger partial charge in [-0.3, -0.25) is 0 Å². The first-order valence-electron chi connectivity index (χ1n) is 0.512. The van der Waals surface area contributed by atoms with E-state index in [1.165, 1.54) is 5.97 Å². The van der Waals surface area contributed by atoms with E-state index in [0.717, 1.165) is 0 Å². The van der Waals surface area contributed by atoms with E-state index >= 15 is 0 Å².